The molecule has 0 fully saturated rings. The minimum absolute atomic E-state index is 0.429. The van der Waals surface area contributed by atoms with Gasteiger partial charge in [-0.3, -0.25) is 0 Å². The van der Waals surface area contributed by atoms with Gasteiger partial charge in [0, 0.05) is 0 Å². The Morgan fingerprint density at radius 1 is 1.22 bits per heavy atom. The lowest BCUT2D eigenvalue weighted by molar-refractivity contribution is -0.0453. The number of hydrogen-bond donors (Lipinski definition) is 3. The molecule has 1 aliphatic carbocycles. The molecule has 0 aromatic rings. The smallest absolute Gasteiger partial charge is 0.110 e. The summed E-state index contributed by atoms with van der Waals surface area (Å²) in [6, 6.07) is 0. The van der Waals surface area contributed by atoms with Crippen LogP contribution in [0.2, 0.25) is 0 Å². The molecule has 0 amide bonds. The Balaban J connectivity index is 2.58. The molecule has 3 N–H and O–H groups in total. The molecule has 52 valence electrons. The molecule has 0 aromatic carbocycles. The molecule has 3 atom stereocenters. The van der Waals surface area contributed by atoms with E-state index in [1.165, 1.54) is 6.08 Å². The van der Waals surface area contributed by atoms with Crippen molar-refractivity contribution in [1.29, 1.82) is 0 Å². The van der Waals surface area contributed by atoms with E-state index in [9.17, 15) is 0 Å². The monoisotopic (exact) mass is 130 g/mol. The molecule has 0 unspecified atom stereocenters. The van der Waals surface area contributed by atoms with Crippen LogP contribution in [0.1, 0.15) is 6.42 Å². The van der Waals surface area contributed by atoms with E-state index in [4.69, 9.17) is 15.3 Å². The summed E-state index contributed by atoms with van der Waals surface area (Å²) in [5.41, 5.74) is 0. The van der Waals surface area contributed by atoms with Crippen LogP contribution < -0.4 is 0 Å². The van der Waals surface area contributed by atoms with Crippen LogP contribution in [0.25, 0.3) is 0 Å². The van der Waals surface area contributed by atoms with E-state index < -0.39 is 18.3 Å². The maximum absolute atomic E-state index is 8.89. The highest BCUT2D eigenvalue weighted by Gasteiger charge is 2.24. The van der Waals surface area contributed by atoms with Gasteiger partial charge < -0.3 is 15.3 Å². The molecule has 3 nitrogen and oxygen atoms in total. The summed E-state index contributed by atoms with van der Waals surface area (Å²) in [4.78, 5) is 0. The molecule has 9 heavy (non-hydrogen) atoms. The van der Waals surface area contributed by atoms with E-state index >= 15 is 0 Å². The van der Waals surface area contributed by atoms with Crippen molar-refractivity contribution in [2.45, 2.75) is 24.7 Å². The first kappa shape index (κ1) is 6.74. The Kier molecular flexibility index (Phi) is 1.85. The largest absolute Gasteiger partial charge is 0.390 e. The van der Waals surface area contributed by atoms with Crippen LogP contribution in [-0.4, -0.2) is 33.6 Å². The standard InChI is InChI=1S/C6H10O3/c7-4-2-1-3-5(8)6(4)9/h1-2,4-9H,3H2/t4-,5-,6+/m0/s1. The first-order chi connectivity index (χ1) is 4.22. The molecular formula is C6H10O3. The number of hydrogen-bond acceptors (Lipinski definition) is 3. The van der Waals surface area contributed by atoms with E-state index in [0.29, 0.717) is 6.42 Å². The lowest BCUT2D eigenvalue weighted by Gasteiger charge is -2.23. The van der Waals surface area contributed by atoms with Crippen LogP contribution in [0.4, 0.5) is 0 Å². The van der Waals surface area contributed by atoms with Crippen molar-refractivity contribution in [1.82, 2.24) is 0 Å². The highest BCUT2D eigenvalue weighted by molar-refractivity contribution is 5.01. The summed E-state index contributed by atoms with van der Waals surface area (Å²) >= 11 is 0. The van der Waals surface area contributed by atoms with Gasteiger partial charge in [-0.25, -0.2) is 0 Å². The lowest BCUT2D eigenvalue weighted by atomic mass is 9.99. The summed E-state index contributed by atoms with van der Waals surface area (Å²) in [6.45, 7) is 0. The Morgan fingerprint density at radius 2 is 1.89 bits per heavy atom. The molecule has 0 radical (unpaired) electrons. The third-order valence-corrected chi connectivity index (χ3v) is 1.45. The van der Waals surface area contributed by atoms with Crippen molar-refractivity contribution in [3.05, 3.63) is 12.2 Å². The summed E-state index contributed by atoms with van der Waals surface area (Å²) in [6.07, 6.45) is 0.867. The average Bonchev–Trinajstić information content (AvgIpc) is 1.83. The molecule has 0 aliphatic heterocycles. The first-order valence-corrected chi connectivity index (χ1v) is 2.92. The van der Waals surface area contributed by atoms with E-state index in [-0.39, 0.29) is 0 Å². The van der Waals surface area contributed by atoms with Gasteiger partial charge >= 0.3 is 0 Å². The molecule has 0 aromatic heterocycles. The predicted molar refractivity (Wildman–Crippen MR) is 31.8 cm³/mol. The average molecular weight is 130 g/mol. The Morgan fingerprint density at radius 3 is 2.33 bits per heavy atom. The highest BCUT2D eigenvalue weighted by Crippen LogP contribution is 2.11. The zero-order chi connectivity index (χ0) is 6.85. The lowest BCUT2D eigenvalue weighted by Crippen LogP contribution is -2.38. The van der Waals surface area contributed by atoms with Crippen molar-refractivity contribution >= 4 is 0 Å². The molecule has 1 rings (SSSR count). The van der Waals surface area contributed by atoms with Crippen LogP contribution >= 0.6 is 0 Å². The minimum Gasteiger partial charge on any atom is -0.390 e. The number of aliphatic hydroxyl groups excluding tert-OH is 3. The SMILES string of the molecule is O[C@@H]1[C@@H](O)C=CC[C@@H]1O. The topological polar surface area (TPSA) is 60.7 Å². The second kappa shape index (κ2) is 2.47. The molecule has 0 heterocycles. The minimum atomic E-state index is -1.00. The normalized spacial score (nSPS) is 43.2. The highest BCUT2D eigenvalue weighted by atomic mass is 16.4. The quantitative estimate of drug-likeness (QED) is 0.370. The maximum Gasteiger partial charge on any atom is 0.110 e. The van der Waals surface area contributed by atoms with E-state index in [2.05, 4.69) is 0 Å². The van der Waals surface area contributed by atoms with Gasteiger partial charge in [0.15, 0.2) is 0 Å². The first-order valence-electron chi connectivity index (χ1n) is 2.92. The Labute approximate surface area is 53.3 Å². The second-order valence-corrected chi connectivity index (χ2v) is 2.21. The van der Waals surface area contributed by atoms with Crippen molar-refractivity contribution in [3.63, 3.8) is 0 Å². The van der Waals surface area contributed by atoms with Crippen LogP contribution in [0.3, 0.4) is 0 Å². The summed E-state index contributed by atoms with van der Waals surface area (Å²) in [7, 11) is 0. The van der Waals surface area contributed by atoms with Crippen molar-refractivity contribution in [2.75, 3.05) is 0 Å². The third-order valence-electron chi connectivity index (χ3n) is 1.45. The van der Waals surface area contributed by atoms with Gasteiger partial charge in [0.25, 0.3) is 0 Å². The number of aliphatic hydroxyl groups is 3. The zero-order valence-corrected chi connectivity index (χ0v) is 4.94. The summed E-state index contributed by atoms with van der Waals surface area (Å²) < 4.78 is 0. The molecule has 0 saturated carbocycles. The fraction of sp³-hybridized carbons (Fsp3) is 0.667. The van der Waals surface area contributed by atoms with Gasteiger partial charge in [0.2, 0.25) is 0 Å². The zero-order valence-electron chi connectivity index (χ0n) is 4.94. The third kappa shape index (κ3) is 1.30. The van der Waals surface area contributed by atoms with Gasteiger partial charge in [0.05, 0.1) is 6.10 Å². The van der Waals surface area contributed by atoms with Gasteiger partial charge in [-0.15, -0.1) is 0 Å². The number of rotatable bonds is 0. The Hall–Kier alpha value is -0.380. The van der Waals surface area contributed by atoms with E-state index in [0.717, 1.165) is 0 Å². The van der Waals surface area contributed by atoms with Gasteiger partial charge in [-0.1, -0.05) is 12.2 Å². The fourth-order valence-electron chi connectivity index (χ4n) is 0.838. The molecule has 3 heteroatoms. The molecule has 0 bridgehead atoms. The van der Waals surface area contributed by atoms with Crippen LogP contribution in [-0.2, 0) is 0 Å². The predicted octanol–water partition coefficient (Wildman–Crippen LogP) is -0.971. The fourth-order valence-corrected chi connectivity index (χ4v) is 0.838. The van der Waals surface area contributed by atoms with Crippen LogP contribution in [0, 0.1) is 0 Å². The molecule has 1 aliphatic rings. The second-order valence-electron chi connectivity index (χ2n) is 2.21. The Bertz CT molecular complexity index is 121. The van der Waals surface area contributed by atoms with Crippen LogP contribution in [0.15, 0.2) is 12.2 Å². The van der Waals surface area contributed by atoms with Crippen molar-refractivity contribution < 1.29 is 15.3 Å². The van der Waals surface area contributed by atoms with Gasteiger partial charge in [0.1, 0.15) is 12.2 Å². The maximum atomic E-state index is 8.89. The molecule has 0 saturated heterocycles. The molecule has 0 spiro atoms. The summed E-state index contributed by atoms with van der Waals surface area (Å²) in [5, 5.41) is 26.6. The van der Waals surface area contributed by atoms with Crippen LogP contribution in [0.5, 0.6) is 0 Å². The summed E-state index contributed by atoms with van der Waals surface area (Å²) in [5.74, 6) is 0. The van der Waals surface area contributed by atoms with Crippen molar-refractivity contribution in [3.8, 4) is 0 Å². The van der Waals surface area contributed by atoms with Gasteiger partial charge in [-0.2, -0.15) is 0 Å². The van der Waals surface area contributed by atoms with Gasteiger partial charge in [-0.05, 0) is 6.42 Å². The van der Waals surface area contributed by atoms with E-state index in [1.807, 2.05) is 0 Å². The van der Waals surface area contributed by atoms with E-state index in [1.54, 1.807) is 6.08 Å². The molecular weight excluding hydrogens is 120 g/mol. The van der Waals surface area contributed by atoms with Crippen molar-refractivity contribution in [2.24, 2.45) is 0 Å².